The lowest BCUT2D eigenvalue weighted by molar-refractivity contribution is -0.124. The molecule has 3 N–H and O–H groups in total. The van der Waals surface area contributed by atoms with E-state index in [1.54, 1.807) is 12.4 Å². The molecule has 1 saturated heterocycles. The highest BCUT2D eigenvalue weighted by molar-refractivity contribution is 9.10. The third-order valence-electron chi connectivity index (χ3n) is 4.44. The van der Waals surface area contributed by atoms with Crippen LogP contribution in [0.4, 0.5) is 5.82 Å². The van der Waals surface area contributed by atoms with Gasteiger partial charge in [0.05, 0.1) is 18.1 Å². The highest BCUT2D eigenvalue weighted by Crippen LogP contribution is 2.16. The van der Waals surface area contributed by atoms with Crippen LogP contribution in [0, 0.1) is 0 Å². The van der Waals surface area contributed by atoms with Crippen molar-refractivity contribution in [1.82, 2.24) is 20.3 Å². The monoisotopic (exact) mass is 503 g/mol. The van der Waals surface area contributed by atoms with Gasteiger partial charge in [-0.15, -0.1) is 24.8 Å². The largest absolute Gasteiger partial charge is 0.365 e. The number of hydrogen-bond donors (Lipinski definition) is 3. The maximum absolute atomic E-state index is 11.0. The molecule has 1 aromatic carbocycles. The number of hydroxylamine groups is 1. The van der Waals surface area contributed by atoms with Crippen LogP contribution in [0.3, 0.4) is 0 Å². The second-order valence-electron chi connectivity index (χ2n) is 6.44. The minimum atomic E-state index is -0.604. The Balaban J connectivity index is 0.00000210. The molecule has 0 radical (unpaired) electrons. The number of carbonyl (C=O) groups excluding carboxylic acids is 1. The Hall–Kier alpha value is -1.71. The Morgan fingerprint density at radius 3 is 2.66 bits per heavy atom. The maximum atomic E-state index is 11.0. The Morgan fingerprint density at radius 1 is 1.24 bits per heavy atom. The molecule has 0 bridgehead atoms. The van der Waals surface area contributed by atoms with E-state index >= 15 is 0 Å². The maximum Gasteiger partial charge on any atom is 0.267 e. The van der Waals surface area contributed by atoms with E-state index in [4.69, 9.17) is 5.21 Å². The first-order valence-corrected chi connectivity index (χ1v) is 9.59. The lowest BCUT2D eigenvalue weighted by Crippen LogP contribution is -2.28. The first-order valence-electron chi connectivity index (χ1n) is 8.80. The van der Waals surface area contributed by atoms with Crippen molar-refractivity contribution in [3.63, 3.8) is 0 Å². The van der Waals surface area contributed by atoms with Crippen LogP contribution in [-0.4, -0.2) is 51.7 Å². The van der Waals surface area contributed by atoms with Gasteiger partial charge < -0.3 is 10.2 Å². The minimum absolute atomic E-state index is 0. The molecular formula is C19H24BrCl2N5O2. The molecule has 7 nitrogen and oxygen atoms in total. The standard InChI is InChI=1S/C19H22BrN5O2.2ClH/c20-15-3-1-14(2-4-15)7-9-25-10-8-17(13-25)23-18-12-21-16(11-22-18)5-6-19(26)24-27;;/h1-6,11-12,17,27H,7-10,13H2,(H,22,23)(H,24,26);2*1H/t17-;;/m1../s1. The van der Waals surface area contributed by atoms with Gasteiger partial charge in [-0.2, -0.15) is 0 Å². The summed E-state index contributed by atoms with van der Waals surface area (Å²) in [6, 6.07) is 8.83. The van der Waals surface area contributed by atoms with Crippen LogP contribution in [-0.2, 0) is 11.2 Å². The molecule has 2 heterocycles. The van der Waals surface area contributed by atoms with Gasteiger partial charge in [-0.1, -0.05) is 28.1 Å². The summed E-state index contributed by atoms with van der Waals surface area (Å²) in [4.78, 5) is 22.0. The predicted molar refractivity (Wildman–Crippen MR) is 122 cm³/mol. The quantitative estimate of drug-likeness (QED) is 0.304. The van der Waals surface area contributed by atoms with Gasteiger partial charge in [-0.25, -0.2) is 10.5 Å². The Bertz CT molecular complexity index is 790. The highest BCUT2D eigenvalue weighted by Gasteiger charge is 2.22. The van der Waals surface area contributed by atoms with E-state index in [1.165, 1.54) is 23.2 Å². The van der Waals surface area contributed by atoms with Gasteiger partial charge in [0.1, 0.15) is 5.82 Å². The van der Waals surface area contributed by atoms with E-state index in [0.717, 1.165) is 42.8 Å². The van der Waals surface area contributed by atoms with Gasteiger partial charge >= 0.3 is 0 Å². The zero-order chi connectivity index (χ0) is 19.1. The van der Waals surface area contributed by atoms with Crippen LogP contribution in [0.5, 0.6) is 0 Å². The lowest BCUT2D eigenvalue weighted by Gasteiger charge is -2.17. The summed E-state index contributed by atoms with van der Waals surface area (Å²) in [5.74, 6) is 0.117. The van der Waals surface area contributed by atoms with Crippen molar-refractivity contribution >= 4 is 58.5 Å². The summed E-state index contributed by atoms with van der Waals surface area (Å²) in [6.07, 6.45) is 8.03. The molecule has 1 aliphatic rings. The molecule has 3 rings (SSSR count). The third-order valence-corrected chi connectivity index (χ3v) is 4.97. The summed E-state index contributed by atoms with van der Waals surface area (Å²) in [7, 11) is 0. The molecule has 1 aromatic heterocycles. The number of likely N-dealkylation sites (tertiary alicyclic amines) is 1. The smallest absolute Gasteiger partial charge is 0.267 e. The number of rotatable bonds is 7. The van der Waals surface area contributed by atoms with E-state index in [-0.39, 0.29) is 24.8 Å². The van der Waals surface area contributed by atoms with Gasteiger partial charge in [0, 0.05) is 36.2 Å². The first kappa shape index (κ1) is 25.3. The number of anilines is 1. The van der Waals surface area contributed by atoms with Crippen LogP contribution >= 0.6 is 40.7 Å². The van der Waals surface area contributed by atoms with Crippen LogP contribution in [0.2, 0.25) is 0 Å². The third kappa shape index (κ3) is 8.28. The lowest BCUT2D eigenvalue weighted by atomic mass is 10.1. The zero-order valence-electron chi connectivity index (χ0n) is 15.6. The number of halogens is 3. The van der Waals surface area contributed by atoms with Gasteiger partial charge in [0.2, 0.25) is 0 Å². The van der Waals surface area contributed by atoms with Crippen molar-refractivity contribution in [2.75, 3.05) is 25.0 Å². The van der Waals surface area contributed by atoms with Crippen LogP contribution in [0.1, 0.15) is 17.7 Å². The molecule has 158 valence electrons. The van der Waals surface area contributed by atoms with Crippen molar-refractivity contribution in [2.24, 2.45) is 0 Å². The molecule has 29 heavy (non-hydrogen) atoms. The Morgan fingerprint density at radius 2 is 2.00 bits per heavy atom. The van der Waals surface area contributed by atoms with Crippen LogP contribution in [0.25, 0.3) is 6.08 Å². The first-order chi connectivity index (χ1) is 13.1. The summed E-state index contributed by atoms with van der Waals surface area (Å²) < 4.78 is 1.11. The normalized spacial score (nSPS) is 16.1. The number of amides is 1. The molecule has 0 aliphatic carbocycles. The molecule has 2 aromatic rings. The Kier molecular flexibility index (Phi) is 11.2. The van der Waals surface area contributed by atoms with Crippen LogP contribution < -0.4 is 10.8 Å². The molecule has 1 amide bonds. The fourth-order valence-electron chi connectivity index (χ4n) is 3.00. The average Bonchev–Trinajstić information content (AvgIpc) is 3.14. The van der Waals surface area contributed by atoms with Gasteiger partial charge in [0.15, 0.2) is 0 Å². The zero-order valence-corrected chi connectivity index (χ0v) is 18.8. The fraction of sp³-hybridized carbons (Fsp3) is 0.316. The molecule has 10 heteroatoms. The summed E-state index contributed by atoms with van der Waals surface area (Å²) in [6.45, 7) is 3.09. The van der Waals surface area contributed by atoms with Crippen molar-refractivity contribution in [2.45, 2.75) is 18.9 Å². The summed E-state index contributed by atoms with van der Waals surface area (Å²) in [5.41, 5.74) is 3.42. The minimum Gasteiger partial charge on any atom is -0.365 e. The van der Waals surface area contributed by atoms with E-state index in [0.29, 0.717) is 11.7 Å². The number of aromatic nitrogens is 2. The molecule has 0 unspecified atom stereocenters. The van der Waals surface area contributed by atoms with Crippen LogP contribution in [0.15, 0.2) is 47.2 Å². The van der Waals surface area contributed by atoms with E-state index in [1.807, 2.05) is 0 Å². The number of nitrogens with zero attached hydrogens (tertiary/aromatic N) is 3. The van der Waals surface area contributed by atoms with Crippen molar-refractivity contribution in [3.8, 4) is 0 Å². The second kappa shape index (κ2) is 12.8. The Labute approximate surface area is 190 Å². The van der Waals surface area contributed by atoms with Crippen molar-refractivity contribution in [3.05, 3.63) is 58.5 Å². The SMILES string of the molecule is Cl.Cl.O=C(C=Cc1cnc(N[C@@H]2CCN(CCc3ccc(Br)cc3)C2)cn1)NO. The van der Waals surface area contributed by atoms with E-state index in [2.05, 4.69) is 60.4 Å². The van der Waals surface area contributed by atoms with Crippen molar-refractivity contribution in [1.29, 1.82) is 0 Å². The fourth-order valence-corrected chi connectivity index (χ4v) is 3.26. The highest BCUT2D eigenvalue weighted by atomic mass is 79.9. The topological polar surface area (TPSA) is 90.4 Å². The van der Waals surface area contributed by atoms with E-state index < -0.39 is 5.91 Å². The predicted octanol–water partition coefficient (Wildman–Crippen LogP) is 3.33. The molecule has 1 aliphatic heterocycles. The molecule has 0 saturated carbocycles. The summed E-state index contributed by atoms with van der Waals surface area (Å²) >= 11 is 3.46. The molecule has 1 atom stereocenters. The number of hydrogen-bond acceptors (Lipinski definition) is 6. The molecular weight excluding hydrogens is 481 g/mol. The van der Waals surface area contributed by atoms with Gasteiger partial charge in [-0.05, 0) is 36.6 Å². The molecule has 1 fully saturated rings. The summed E-state index contributed by atoms with van der Waals surface area (Å²) in [5, 5.41) is 11.9. The number of carbonyl (C=O) groups is 1. The average molecular weight is 505 g/mol. The number of nitrogens with one attached hydrogen (secondary N) is 2. The number of benzene rings is 1. The van der Waals surface area contributed by atoms with E-state index in [9.17, 15) is 4.79 Å². The van der Waals surface area contributed by atoms with Gasteiger partial charge in [-0.3, -0.25) is 15.0 Å². The molecule has 0 spiro atoms. The van der Waals surface area contributed by atoms with Crippen molar-refractivity contribution < 1.29 is 10.0 Å². The second-order valence-corrected chi connectivity index (χ2v) is 7.36. The van der Waals surface area contributed by atoms with Gasteiger partial charge in [0.25, 0.3) is 5.91 Å².